The van der Waals surface area contributed by atoms with Gasteiger partial charge < -0.3 is 14.1 Å². The van der Waals surface area contributed by atoms with E-state index in [1.165, 1.54) is 11.1 Å². The Bertz CT molecular complexity index is 2430. The molecule has 0 radical (unpaired) electrons. The summed E-state index contributed by atoms with van der Waals surface area (Å²) in [6.07, 6.45) is 3.99. The number of furan rings is 1. The van der Waals surface area contributed by atoms with Crippen LogP contribution in [0.15, 0.2) is 120 Å². The third-order valence-electron chi connectivity index (χ3n) is 9.01. The van der Waals surface area contributed by atoms with Gasteiger partial charge in [0.15, 0.2) is 0 Å². The number of aromatic nitrogens is 3. The van der Waals surface area contributed by atoms with E-state index in [0.29, 0.717) is 11.4 Å². The van der Waals surface area contributed by atoms with Crippen LogP contribution >= 0.6 is 0 Å². The minimum absolute atomic E-state index is 0. The van der Waals surface area contributed by atoms with Crippen molar-refractivity contribution >= 4 is 32.7 Å². The summed E-state index contributed by atoms with van der Waals surface area (Å²) in [5.74, 6) is 1.40. The molecule has 0 aliphatic heterocycles. The van der Waals surface area contributed by atoms with E-state index in [1.807, 2.05) is 54.7 Å². The van der Waals surface area contributed by atoms with Gasteiger partial charge in [-0.15, -0.1) is 12.1 Å². The normalized spacial score (nSPS) is 11.6. The molecule has 1 N–H and O–H groups in total. The van der Waals surface area contributed by atoms with Crippen molar-refractivity contribution in [3.8, 4) is 45.3 Å². The molecule has 3 heterocycles. The van der Waals surface area contributed by atoms with E-state index in [-0.39, 0.29) is 38.7 Å². The molecule has 0 atom stereocenters. The Morgan fingerprint density at radius 3 is 2.17 bits per heavy atom. The van der Waals surface area contributed by atoms with Crippen LogP contribution in [0, 0.1) is 6.07 Å². The molecule has 0 fully saturated rings. The maximum absolute atomic E-state index is 11.1. The molecule has 48 heavy (non-hydrogen) atoms. The standard InChI is InChI=1S/C42H34N3O2.Pt/c1-25(2)30-16-11-17-31(26(3)4)40(30)45-24-37(44-42(45)33-15-7-9-18-38(33)46)29-20-34-32-14-8-10-19-39(32)47-41(34)35(21-29)36-22-27-12-5-6-13-28(27)23-43-36;/h5-20,22-26,46H,1-4H3;/q-1;. The third kappa shape index (κ3) is 5.33. The molecular formula is C42H34N3O2Pt-. The SMILES string of the molecule is CC(C)c1cccc(C(C)C)c1-n1cc(-c2[c-]c(-c3cc4ccccc4cn3)c3oc4ccccc4c3c2)nc1-c1ccccc1O.[Pt]. The minimum Gasteiger partial charge on any atom is -0.507 e. The zero-order chi connectivity index (χ0) is 32.2. The fourth-order valence-corrected chi connectivity index (χ4v) is 6.63. The second-order valence-corrected chi connectivity index (χ2v) is 12.7. The molecule has 6 heteroatoms. The van der Waals surface area contributed by atoms with Crippen LogP contribution in [0.4, 0.5) is 0 Å². The molecule has 8 aromatic rings. The Balaban J connectivity index is 0.00000364. The minimum atomic E-state index is 0. The second kappa shape index (κ2) is 12.6. The van der Waals surface area contributed by atoms with Crippen molar-refractivity contribution in [1.29, 1.82) is 0 Å². The zero-order valence-electron chi connectivity index (χ0n) is 27.1. The number of nitrogens with zero attached hydrogens (tertiary/aromatic N) is 3. The predicted octanol–water partition coefficient (Wildman–Crippen LogP) is 11.1. The zero-order valence-corrected chi connectivity index (χ0v) is 29.4. The molecule has 0 bridgehead atoms. The first-order chi connectivity index (χ1) is 22.9. The van der Waals surface area contributed by atoms with Gasteiger partial charge in [-0.25, -0.2) is 0 Å². The second-order valence-electron chi connectivity index (χ2n) is 12.7. The van der Waals surface area contributed by atoms with Gasteiger partial charge in [0.25, 0.3) is 0 Å². The number of imidazole rings is 1. The number of benzene rings is 5. The van der Waals surface area contributed by atoms with Gasteiger partial charge in [0.05, 0.1) is 16.8 Å². The number of pyridine rings is 1. The molecule has 5 nitrogen and oxygen atoms in total. The summed E-state index contributed by atoms with van der Waals surface area (Å²) >= 11 is 0. The van der Waals surface area contributed by atoms with Crippen molar-refractivity contribution in [3.05, 3.63) is 133 Å². The van der Waals surface area contributed by atoms with Crippen molar-refractivity contribution in [2.75, 3.05) is 0 Å². The van der Waals surface area contributed by atoms with E-state index in [2.05, 4.69) is 93.1 Å². The van der Waals surface area contributed by atoms with E-state index in [1.54, 1.807) is 6.07 Å². The fraction of sp³-hybridized carbons (Fsp3) is 0.143. The molecule has 0 aliphatic carbocycles. The van der Waals surface area contributed by atoms with Crippen molar-refractivity contribution in [2.45, 2.75) is 39.5 Å². The van der Waals surface area contributed by atoms with Gasteiger partial charge >= 0.3 is 0 Å². The Labute approximate surface area is 294 Å². The smallest absolute Gasteiger partial charge is 0.140 e. The molecule has 0 unspecified atom stereocenters. The van der Waals surface area contributed by atoms with Crippen molar-refractivity contribution in [2.24, 2.45) is 0 Å². The monoisotopic (exact) mass is 807 g/mol. The molecule has 8 rings (SSSR count). The summed E-state index contributed by atoms with van der Waals surface area (Å²) in [6, 6.07) is 38.2. The number of aromatic hydroxyl groups is 1. The largest absolute Gasteiger partial charge is 0.507 e. The molecule has 240 valence electrons. The molecule has 5 aromatic carbocycles. The van der Waals surface area contributed by atoms with Gasteiger partial charge in [0.1, 0.15) is 17.2 Å². The van der Waals surface area contributed by atoms with Crippen LogP contribution in [0.2, 0.25) is 0 Å². The molecule has 0 amide bonds. The van der Waals surface area contributed by atoms with E-state index in [0.717, 1.165) is 60.9 Å². The van der Waals surface area contributed by atoms with Crippen LogP contribution in [0.25, 0.3) is 72.3 Å². The van der Waals surface area contributed by atoms with E-state index in [9.17, 15) is 5.11 Å². The van der Waals surface area contributed by atoms with Crippen molar-refractivity contribution in [1.82, 2.24) is 14.5 Å². The Hall–Kier alpha value is -4.99. The number of phenols is 1. The van der Waals surface area contributed by atoms with Crippen LogP contribution < -0.4 is 0 Å². The summed E-state index contributed by atoms with van der Waals surface area (Å²) in [7, 11) is 0. The summed E-state index contributed by atoms with van der Waals surface area (Å²) in [5, 5.41) is 15.3. The number of fused-ring (bicyclic) bond motifs is 4. The van der Waals surface area contributed by atoms with E-state index in [4.69, 9.17) is 14.4 Å². The van der Waals surface area contributed by atoms with Gasteiger partial charge in [0, 0.05) is 50.2 Å². The molecule has 0 saturated carbocycles. The fourth-order valence-electron chi connectivity index (χ4n) is 6.63. The van der Waals surface area contributed by atoms with E-state index >= 15 is 0 Å². The Kier molecular flexibility index (Phi) is 8.27. The Morgan fingerprint density at radius 2 is 1.42 bits per heavy atom. The first kappa shape index (κ1) is 31.6. The Morgan fingerprint density at radius 1 is 0.729 bits per heavy atom. The molecule has 0 saturated heterocycles. The van der Waals surface area contributed by atoms with Gasteiger partial charge in [-0.2, -0.15) is 0 Å². The number of para-hydroxylation sites is 3. The van der Waals surface area contributed by atoms with Crippen LogP contribution in [-0.2, 0) is 21.1 Å². The number of phenolic OH excluding ortho intramolecular Hbond substituents is 1. The van der Waals surface area contributed by atoms with Crippen molar-refractivity contribution < 1.29 is 30.6 Å². The van der Waals surface area contributed by atoms with Gasteiger partial charge in [-0.1, -0.05) is 118 Å². The topological polar surface area (TPSA) is 64.1 Å². The average molecular weight is 808 g/mol. The molecular weight excluding hydrogens is 774 g/mol. The molecule has 3 aromatic heterocycles. The predicted molar refractivity (Wildman–Crippen MR) is 191 cm³/mol. The summed E-state index contributed by atoms with van der Waals surface area (Å²) in [5.41, 5.74) is 8.87. The molecule has 0 aliphatic rings. The van der Waals surface area contributed by atoms with Gasteiger partial charge in [0.2, 0.25) is 0 Å². The number of rotatable bonds is 6. The molecule has 0 spiro atoms. The van der Waals surface area contributed by atoms with Crippen LogP contribution in [0.1, 0.15) is 50.7 Å². The van der Waals surface area contributed by atoms with Gasteiger partial charge in [-0.3, -0.25) is 9.97 Å². The van der Waals surface area contributed by atoms with Crippen molar-refractivity contribution in [3.63, 3.8) is 0 Å². The first-order valence-corrected chi connectivity index (χ1v) is 16.1. The summed E-state index contributed by atoms with van der Waals surface area (Å²) in [6.45, 7) is 8.87. The van der Waals surface area contributed by atoms with Crippen LogP contribution in [-0.4, -0.2) is 19.6 Å². The number of hydrogen-bond acceptors (Lipinski definition) is 4. The number of hydrogen-bond donors (Lipinski definition) is 1. The summed E-state index contributed by atoms with van der Waals surface area (Å²) < 4.78 is 8.64. The first-order valence-electron chi connectivity index (χ1n) is 16.1. The average Bonchev–Trinajstić information content (AvgIpc) is 3.69. The quantitative estimate of drug-likeness (QED) is 0.170. The van der Waals surface area contributed by atoms with Gasteiger partial charge in [-0.05, 0) is 57.3 Å². The van der Waals surface area contributed by atoms with Crippen LogP contribution in [0.3, 0.4) is 0 Å². The maximum Gasteiger partial charge on any atom is 0.140 e. The maximum atomic E-state index is 11.1. The summed E-state index contributed by atoms with van der Waals surface area (Å²) in [4.78, 5) is 10.1. The van der Waals surface area contributed by atoms with E-state index < -0.39 is 0 Å². The third-order valence-corrected chi connectivity index (χ3v) is 9.01. The van der Waals surface area contributed by atoms with Crippen LogP contribution in [0.5, 0.6) is 5.75 Å².